The molecule has 0 heterocycles. The van der Waals surface area contributed by atoms with Gasteiger partial charge in [-0.25, -0.2) is 0 Å². The van der Waals surface area contributed by atoms with Gasteiger partial charge in [0.2, 0.25) is 0 Å². The van der Waals surface area contributed by atoms with Crippen molar-refractivity contribution in [2.45, 2.75) is 90.3 Å². The summed E-state index contributed by atoms with van der Waals surface area (Å²) < 4.78 is 18.8. The van der Waals surface area contributed by atoms with E-state index in [1.807, 2.05) is 12.1 Å². The van der Waals surface area contributed by atoms with E-state index in [0.29, 0.717) is 6.10 Å². The van der Waals surface area contributed by atoms with Crippen LogP contribution in [0, 0.1) is 13.8 Å². The van der Waals surface area contributed by atoms with Crippen LogP contribution < -0.4 is 19.1 Å². The van der Waals surface area contributed by atoms with Gasteiger partial charge in [-0.2, -0.15) is 0 Å². The van der Waals surface area contributed by atoms with Gasteiger partial charge in [0.15, 0.2) is 0 Å². The Morgan fingerprint density at radius 1 is 0.558 bits per heavy atom. The molecule has 0 unspecified atom stereocenters. The van der Waals surface area contributed by atoms with Crippen LogP contribution in [-0.2, 0) is 0 Å². The maximum atomic E-state index is 6.74. The summed E-state index contributed by atoms with van der Waals surface area (Å²) in [7, 11) is 1.70. The van der Waals surface area contributed by atoms with Gasteiger partial charge in [-0.05, 0) is 137 Å². The number of methoxy groups -OCH3 is 1. The summed E-state index contributed by atoms with van der Waals surface area (Å²) in [5.41, 5.74) is 7.94. The zero-order chi connectivity index (χ0) is 29.6. The first-order valence-corrected chi connectivity index (χ1v) is 16.2. The van der Waals surface area contributed by atoms with Crippen molar-refractivity contribution in [3.8, 4) is 28.4 Å². The topological polar surface area (TPSA) is 30.9 Å². The Morgan fingerprint density at radius 3 is 1.58 bits per heavy atom. The zero-order valence-electron chi connectivity index (χ0n) is 26.0. The molecule has 6 rings (SSSR count). The van der Waals surface area contributed by atoms with Crippen LogP contribution >= 0.6 is 0 Å². The molecule has 2 aliphatic carbocycles. The van der Waals surface area contributed by atoms with Crippen molar-refractivity contribution < 1.29 is 14.2 Å². The first-order chi connectivity index (χ1) is 21.1. The lowest BCUT2D eigenvalue weighted by molar-refractivity contribution is 0.150. The van der Waals surface area contributed by atoms with Crippen LogP contribution in [0.25, 0.3) is 11.1 Å². The average molecular weight is 576 g/mol. The average Bonchev–Trinajstić information content (AvgIpc) is 3.05. The highest BCUT2D eigenvalue weighted by Crippen LogP contribution is 2.41. The Kier molecular flexibility index (Phi) is 9.21. The molecule has 2 saturated carbocycles. The fourth-order valence-electron chi connectivity index (χ4n) is 6.50. The second-order valence-corrected chi connectivity index (χ2v) is 12.3. The number of ether oxygens (including phenoxy) is 3. The van der Waals surface area contributed by atoms with Gasteiger partial charge in [0.1, 0.15) is 17.2 Å². The second kappa shape index (κ2) is 13.6. The van der Waals surface area contributed by atoms with Crippen molar-refractivity contribution in [3.05, 3.63) is 96.1 Å². The van der Waals surface area contributed by atoms with E-state index in [1.165, 1.54) is 44.1 Å². The molecule has 4 aromatic carbocycles. The van der Waals surface area contributed by atoms with Crippen molar-refractivity contribution in [1.82, 2.24) is 0 Å². The maximum Gasteiger partial charge on any atom is 0.128 e. The molecule has 4 heteroatoms. The van der Waals surface area contributed by atoms with Crippen molar-refractivity contribution in [2.75, 3.05) is 12.0 Å². The van der Waals surface area contributed by atoms with Crippen molar-refractivity contribution in [3.63, 3.8) is 0 Å². The summed E-state index contributed by atoms with van der Waals surface area (Å²) in [6.07, 6.45) is 12.8. The Bertz CT molecular complexity index is 1470. The summed E-state index contributed by atoms with van der Waals surface area (Å²) in [5, 5.41) is 0. The smallest absolute Gasteiger partial charge is 0.128 e. The van der Waals surface area contributed by atoms with Gasteiger partial charge in [0.25, 0.3) is 0 Å². The van der Waals surface area contributed by atoms with Gasteiger partial charge in [0, 0.05) is 22.6 Å². The molecule has 4 nitrogen and oxygen atoms in total. The van der Waals surface area contributed by atoms with E-state index in [9.17, 15) is 0 Å². The molecule has 0 saturated heterocycles. The Balaban J connectivity index is 1.36. The van der Waals surface area contributed by atoms with Gasteiger partial charge in [-0.15, -0.1) is 0 Å². The Morgan fingerprint density at radius 2 is 1.05 bits per heavy atom. The van der Waals surface area contributed by atoms with E-state index < -0.39 is 0 Å². The van der Waals surface area contributed by atoms with Gasteiger partial charge in [-0.1, -0.05) is 42.7 Å². The number of benzene rings is 4. The van der Waals surface area contributed by atoms with Crippen LogP contribution in [0.2, 0.25) is 0 Å². The van der Waals surface area contributed by atoms with Crippen LogP contribution in [0.1, 0.15) is 75.3 Å². The van der Waals surface area contributed by atoms with E-state index in [1.54, 1.807) is 7.11 Å². The molecular formula is C39H45NO3. The minimum atomic E-state index is 0.281. The minimum absolute atomic E-state index is 0.281. The predicted molar refractivity (Wildman–Crippen MR) is 178 cm³/mol. The van der Waals surface area contributed by atoms with Crippen LogP contribution in [0.15, 0.2) is 84.9 Å². The lowest BCUT2D eigenvalue weighted by Gasteiger charge is -2.28. The standard InChI is InChI=1S/C39H45NO3/c1-28-14-18-31(19-15-28)40(33-22-24-34(41-3)25-23-33)32-20-16-30(17-21-32)37-27-38(42-35-10-6-4-7-11-35)29(2)26-39(37)43-36-12-8-5-9-13-36/h14-27,35-36H,4-13H2,1-3H3. The molecule has 224 valence electrons. The maximum absolute atomic E-state index is 6.74. The van der Waals surface area contributed by atoms with Gasteiger partial charge >= 0.3 is 0 Å². The summed E-state index contributed by atoms with van der Waals surface area (Å²) >= 11 is 0. The SMILES string of the molecule is COc1ccc(N(c2ccc(C)cc2)c2ccc(-c3cc(OC4CCCCC4)c(C)cc3OC3CCCCC3)cc2)cc1. The van der Waals surface area contributed by atoms with Crippen LogP contribution in [0.3, 0.4) is 0 Å². The van der Waals surface area contributed by atoms with Crippen LogP contribution in [-0.4, -0.2) is 19.3 Å². The lowest BCUT2D eigenvalue weighted by Crippen LogP contribution is -2.21. The molecule has 0 atom stereocenters. The molecule has 2 fully saturated rings. The molecule has 0 radical (unpaired) electrons. The molecule has 43 heavy (non-hydrogen) atoms. The summed E-state index contributed by atoms with van der Waals surface area (Å²) in [5.74, 6) is 2.80. The third-order valence-corrected chi connectivity index (χ3v) is 9.03. The fraction of sp³-hybridized carbons (Fsp3) is 0.385. The molecule has 4 aromatic rings. The largest absolute Gasteiger partial charge is 0.497 e. The monoisotopic (exact) mass is 575 g/mol. The van der Waals surface area contributed by atoms with E-state index in [2.05, 4.69) is 91.5 Å². The van der Waals surface area contributed by atoms with Gasteiger partial charge in [-0.3, -0.25) is 0 Å². The normalized spacial score (nSPS) is 16.1. The summed E-state index contributed by atoms with van der Waals surface area (Å²) in [4.78, 5) is 2.29. The van der Waals surface area contributed by atoms with Crippen LogP contribution in [0.5, 0.6) is 17.2 Å². The molecule has 0 N–H and O–H groups in total. The van der Waals surface area contributed by atoms with E-state index in [0.717, 1.165) is 76.7 Å². The second-order valence-electron chi connectivity index (χ2n) is 12.3. The molecule has 0 aromatic heterocycles. The van der Waals surface area contributed by atoms with Crippen molar-refractivity contribution in [1.29, 1.82) is 0 Å². The first-order valence-electron chi connectivity index (χ1n) is 16.2. The molecule has 0 spiro atoms. The molecule has 2 aliphatic rings. The van der Waals surface area contributed by atoms with Crippen molar-refractivity contribution >= 4 is 17.1 Å². The number of hydrogen-bond donors (Lipinski definition) is 0. The number of aryl methyl sites for hydroxylation is 2. The molecule has 0 aliphatic heterocycles. The van der Waals surface area contributed by atoms with E-state index >= 15 is 0 Å². The third kappa shape index (κ3) is 7.01. The highest BCUT2D eigenvalue weighted by molar-refractivity contribution is 5.80. The number of anilines is 3. The number of nitrogens with zero attached hydrogens (tertiary/aromatic N) is 1. The number of hydrogen-bond acceptors (Lipinski definition) is 4. The van der Waals surface area contributed by atoms with Crippen LogP contribution in [0.4, 0.5) is 17.1 Å². The Hall–Kier alpha value is -3.92. The summed E-state index contributed by atoms with van der Waals surface area (Å²) in [6, 6.07) is 30.3. The molecular weight excluding hydrogens is 530 g/mol. The molecule has 0 amide bonds. The number of rotatable bonds is 9. The van der Waals surface area contributed by atoms with Gasteiger partial charge < -0.3 is 19.1 Å². The first kappa shape index (κ1) is 29.2. The summed E-state index contributed by atoms with van der Waals surface area (Å²) in [6.45, 7) is 4.28. The predicted octanol–water partition coefficient (Wildman–Crippen LogP) is 10.9. The van der Waals surface area contributed by atoms with Gasteiger partial charge in [0.05, 0.1) is 19.3 Å². The third-order valence-electron chi connectivity index (χ3n) is 9.03. The Labute approximate surface area is 257 Å². The lowest BCUT2D eigenvalue weighted by atomic mass is 9.96. The quantitative estimate of drug-likeness (QED) is 0.199. The molecule has 0 bridgehead atoms. The minimum Gasteiger partial charge on any atom is -0.497 e. The van der Waals surface area contributed by atoms with E-state index in [-0.39, 0.29) is 6.10 Å². The fourth-order valence-corrected chi connectivity index (χ4v) is 6.50. The van der Waals surface area contributed by atoms with Crippen molar-refractivity contribution in [2.24, 2.45) is 0 Å². The van der Waals surface area contributed by atoms with E-state index in [4.69, 9.17) is 14.2 Å². The highest BCUT2D eigenvalue weighted by atomic mass is 16.5. The highest BCUT2D eigenvalue weighted by Gasteiger charge is 2.22. The zero-order valence-corrected chi connectivity index (χ0v) is 26.0.